The van der Waals surface area contributed by atoms with E-state index in [4.69, 9.17) is 27.6 Å². The van der Waals surface area contributed by atoms with Gasteiger partial charge < -0.3 is 9.73 Å². The zero-order chi connectivity index (χ0) is 13.1. The average Bonchev–Trinajstić information content (AvgIpc) is 2.78. The van der Waals surface area contributed by atoms with E-state index in [1.165, 1.54) is 6.07 Å². The van der Waals surface area contributed by atoms with Gasteiger partial charge in [0.15, 0.2) is 5.22 Å². The highest BCUT2D eigenvalue weighted by molar-refractivity contribution is 6.30. The van der Waals surface area contributed by atoms with E-state index in [0.29, 0.717) is 23.0 Å². The monoisotopic (exact) mass is 287 g/mol. The van der Waals surface area contributed by atoms with E-state index in [9.17, 15) is 4.39 Å². The first-order chi connectivity index (χ1) is 8.61. The zero-order valence-electron chi connectivity index (χ0n) is 9.71. The Bertz CT molecular complexity index is 542. The molecule has 0 fully saturated rings. The molecule has 2 aromatic rings. The number of benzene rings is 1. The van der Waals surface area contributed by atoms with Crippen molar-refractivity contribution in [2.45, 2.75) is 12.5 Å². The summed E-state index contributed by atoms with van der Waals surface area (Å²) in [7, 11) is 1.78. The molecule has 2 rings (SSSR count). The summed E-state index contributed by atoms with van der Waals surface area (Å²) in [6, 6.07) is 8.24. The number of hydrogen-bond donors (Lipinski definition) is 1. The lowest BCUT2D eigenvalue weighted by molar-refractivity contribution is 0.426. The van der Waals surface area contributed by atoms with Crippen molar-refractivity contribution in [3.8, 4) is 0 Å². The van der Waals surface area contributed by atoms with Gasteiger partial charge in [-0.1, -0.05) is 23.7 Å². The third-order valence-electron chi connectivity index (χ3n) is 2.74. The lowest BCUT2D eigenvalue weighted by atomic mass is 10.0. The van der Waals surface area contributed by atoms with Crippen molar-refractivity contribution in [3.05, 3.63) is 57.7 Å². The van der Waals surface area contributed by atoms with Gasteiger partial charge in [0.2, 0.25) is 0 Å². The summed E-state index contributed by atoms with van der Waals surface area (Å²) in [5, 5.41) is 3.51. The maximum absolute atomic E-state index is 13.8. The molecular formula is C13H12Cl2FNO. The minimum absolute atomic E-state index is 0.125. The van der Waals surface area contributed by atoms with Gasteiger partial charge in [-0.05, 0) is 48.8 Å². The Morgan fingerprint density at radius 2 is 2.06 bits per heavy atom. The summed E-state index contributed by atoms with van der Waals surface area (Å²) < 4.78 is 19.1. The van der Waals surface area contributed by atoms with E-state index in [-0.39, 0.29) is 11.1 Å². The molecular weight excluding hydrogens is 276 g/mol. The van der Waals surface area contributed by atoms with Crippen LogP contribution in [0.15, 0.2) is 34.7 Å². The molecule has 0 radical (unpaired) electrons. The van der Waals surface area contributed by atoms with E-state index < -0.39 is 5.82 Å². The molecule has 0 saturated carbocycles. The molecule has 0 bridgehead atoms. The van der Waals surface area contributed by atoms with Gasteiger partial charge in [-0.25, -0.2) is 4.39 Å². The van der Waals surface area contributed by atoms with Crippen molar-refractivity contribution in [3.63, 3.8) is 0 Å². The van der Waals surface area contributed by atoms with Crippen LogP contribution in [0.25, 0.3) is 0 Å². The third kappa shape index (κ3) is 2.86. The minimum atomic E-state index is -0.392. The molecule has 1 unspecified atom stereocenters. The first kappa shape index (κ1) is 13.4. The van der Waals surface area contributed by atoms with Gasteiger partial charge in [-0.15, -0.1) is 0 Å². The standard InChI is InChI=1S/C13H12Cl2FNO/c1-17-10(11-5-6-12(15)18-11)7-8-3-2-4-9(14)13(8)16/h2-6,10,17H,7H2,1H3. The van der Waals surface area contributed by atoms with Crippen LogP contribution in [0.3, 0.4) is 0 Å². The SMILES string of the molecule is CNC(Cc1cccc(Cl)c1F)c1ccc(Cl)o1. The van der Waals surface area contributed by atoms with Gasteiger partial charge >= 0.3 is 0 Å². The Morgan fingerprint density at radius 3 is 2.67 bits per heavy atom. The molecule has 0 aliphatic heterocycles. The molecule has 0 spiro atoms. The maximum atomic E-state index is 13.8. The number of furan rings is 1. The highest BCUT2D eigenvalue weighted by atomic mass is 35.5. The molecule has 1 heterocycles. The molecule has 2 nitrogen and oxygen atoms in total. The van der Waals surface area contributed by atoms with Gasteiger partial charge in [-0.3, -0.25) is 0 Å². The topological polar surface area (TPSA) is 25.2 Å². The second-order valence-electron chi connectivity index (χ2n) is 3.90. The summed E-state index contributed by atoms with van der Waals surface area (Å²) in [5.74, 6) is 0.277. The molecule has 5 heteroatoms. The molecule has 18 heavy (non-hydrogen) atoms. The van der Waals surface area contributed by atoms with Gasteiger partial charge in [0.25, 0.3) is 0 Å². The quantitative estimate of drug-likeness (QED) is 0.910. The lowest BCUT2D eigenvalue weighted by Crippen LogP contribution is -2.18. The second-order valence-corrected chi connectivity index (χ2v) is 4.68. The molecule has 1 atom stereocenters. The number of rotatable bonds is 4. The fourth-order valence-corrected chi connectivity index (χ4v) is 2.13. The van der Waals surface area contributed by atoms with Gasteiger partial charge in [0.05, 0.1) is 11.1 Å². The van der Waals surface area contributed by atoms with Crippen LogP contribution >= 0.6 is 23.2 Å². The Morgan fingerprint density at radius 1 is 1.28 bits per heavy atom. The molecule has 96 valence electrons. The molecule has 0 amide bonds. The van der Waals surface area contributed by atoms with Crippen LogP contribution in [-0.2, 0) is 6.42 Å². The highest BCUT2D eigenvalue weighted by Crippen LogP contribution is 2.26. The second kappa shape index (κ2) is 5.74. The normalized spacial score (nSPS) is 12.7. The summed E-state index contributed by atoms with van der Waals surface area (Å²) in [5.41, 5.74) is 0.536. The van der Waals surface area contributed by atoms with Crippen LogP contribution < -0.4 is 5.32 Å². The van der Waals surface area contributed by atoms with Crippen LogP contribution in [0, 0.1) is 5.82 Å². The summed E-state index contributed by atoms with van der Waals surface area (Å²) in [6.07, 6.45) is 0.437. The van der Waals surface area contributed by atoms with Crippen LogP contribution in [0.1, 0.15) is 17.4 Å². The fourth-order valence-electron chi connectivity index (χ4n) is 1.79. The molecule has 1 aromatic heterocycles. The van der Waals surface area contributed by atoms with Crippen LogP contribution in [0.4, 0.5) is 4.39 Å². The van der Waals surface area contributed by atoms with E-state index in [0.717, 1.165) is 0 Å². The largest absolute Gasteiger partial charge is 0.448 e. The van der Waals surface area contributed by atoms with Crippen LogP contribution in [0.5, 0.6) is 0 Å². The predicted octanol–water partition coefficient (Wildman–Crippen LogP) is 4.23. The van der Waals surface area contributed by atoms with E-state index >= 15 is 0 Å². The summed E-state index contributed by atoms with van der Waals surface area (Å²) >= 11 is 11.5. The van der Waals surface area contributed by atoms with Gasteiger partial charge in [-0.2, -0.15) is 0 Å². The number of likely N-dealkylation sites (N-methyl/N-ethyl adjacent to an activating group) is 1. The molecule has 0 aliphatic carbocycles. The van der Waals surface area contributed by atoms with E-state index in [1.54, 1.807) is 31.3 Å². The van der Waals surface area contributed by atoms with Crippen molar-refractivity contribution < 1.29 is 8.81 Å². The Balaban J connectivity index is 2.23. The minimum Gasteiger partial charge on any atom is -0.448 e. The smallest absolute Gasteiger partial charge is 0.193 e. The Kier molecular flexibility index (Phi) is 4.27. The van der Waals surface area contributed by atoms with Crippen LogP contribution in [0.2, 0.25) is 10.2 Å². The molecule has 1 N–H and O–H groups in total. The third-order valence-corrected chi connectivity index (χ3v) is 3.24. The summed E-state index contributed by atoms with van der Waals surface area (Å²) in [4.78, 5) is 0. The van der Waals surface area contributed by atoms with Crippen molar-refractivity contribution in [1.29, 1.82) is 0 Å². The van der Waals surface area contributed by atoms with Gasteiger partial charge in [0.1, 0.15) is 11.6 Å². The fraction of sp³-hybridized carbons (Fsp3) is 0.231. The van der Waals surface area contributed by atoms with Crippen molar-refractivity contribution in [1.82, 2.24) is 5.32 Å². The number of nitrogens with one attached hydrogen (secondary N) is 1. The van der Waals surface area contributed by atoms with Crippen molar-refractivity contribution in [2.24, 2.45) is 0 Å². The Labute approximate surface area is 115 Å². The first-order valence-corrected chi connectivity index (χ1v) is 6.22. The van der Waals surface area contributed by atoms with Crippen LogP contribution in [-0.4, -0.2) is 7.05 Å². The molecule has 0 aliphatic rings. The molecule has 1 aromatic carbocycles. The van der Waals surface area contributed by atoms with E-state index in [2.05, 4.69) is 5.32 Å². The van der Waals surface area contributed by atoms with Crippen molar-refractivity contribution in [2.75, 3.05) is 7.05 Å². The van der Waals surface area contributed by atoms with Crippen molar-refractivity contribution >= 4 is 23.2 Å². The lowest BCUT2D eigenvalue weighted by Gasteiger charge is -2.14. The molecule has 0 saturated heterocycles. The van der Waals surface area contributed by atoms with Gasteiger partial charge in [0, 0.05) is 0 Å². The maximum Gasteiger partial charge on any atom is 0.193 e. The highest BCUT2D eigenvalue weighted by Gasteiger charge is 2.17. The zero-order valence-corrected chi connectivity index (χ0v) is 11.2. The average molecular weight is 288 g/mol. The Hall–Kier alpha value is -1.03. The number of halogens is 3. The van der Waals surface area contributed by atoms with E-state index in [1.807, 2.05) is 0 Å². The first-order valence-electron chi connectivity index (χ1n) is 5.47. The predicted molar refractivity (Wildman–Crippen MR) is 70.6 cm³/mol. The summed E-state index contributed by atoms with van der Waals surface area (Å²) in [6.45, 7) is 0. The number of hydrogen-bond acceptors (Lipinski definition) is 2.